The highest BCUT2D eigenvalue weighted by Gasteiger charge is 2.25. The number of guanidine groups is 1. The standard InChI is InChI=1S/C24H35N5O2.HI/c1-24(2,3)28-22(30)19-10-7-9-18(15-19)16-26-23(25-4)27-17-20(21-11-8-14-31-21)29-12-5-6-13-29;/h7-11,14-15,20H,5-6,12-13,16-17H2,1-4H3,(H,28,30)(H2,25,26,27);1H. The molecule has 3 rings (SSSR count). The molecule has 0 saturated carbocycles. The molecule has 1 atom stereocenters. The zero-order valence-corrected chi connectivity index (χ0v) is 21.8. The molecule has 1 saturated heterocycles. The van der Waals surface area contributed by atoms with E-state index in [1.807, 2.05) is 57.2 Å². The van der Waals surface area contributed by atoms with E-state index in [9.17, 15) is 4.79 Å². The van der Waals surface area contributed by atoms with Crippen LogP contribution in [-0.4, -0.2) is 49.0 Å². The molecule has 3 N–H and O–H groups in total. The fourth-order valence-electron chi connectivity index (χ4n) is 3.78. The van der Waals surface area contributed by atoms with E-state index in [2.05, 4.69) is 25.8 Å². The Hall–Kier alpha value is -2.07. The maximum absolute atomic E-state index is 12.4. The van der Waals surface area contributed by atoms with Crippen LogP contribution in [0.3, 0.4) is 0 Å². The molecule has 2 aromatic rings. The lowest BCUT2D eigenvalue weighted by Gasteiger charge is -2.26. The second-order valence-corrected chi connectivity index (χ2v) is 8.99. The quantitative estimate of drug-likeness (QED) is 0.275. The largest absolute Gasteiger partial charge is 0.468 e. The average molecular weight is 553 g/mol. The van der Waals surface area contributed by atoms with Gasteiger partial charge in [-0.15, -0.1) is 24.0 Å². The minimum atomic E-state index is -0.267. The minimum absolute atomic E-state index is 0. The molecule has 32 heavy (non-hydrogen) atoms. The Morgan fingerprint density at radius 1 is 1.16 bits per heavy atom. The first-order chi connectivity index (χ1) is 14.9. The predicted octanol–water partition coefficient (Wildman–Crippen LogP) is 3.93. The van der Waals surface area contributed by atoms with Gasteiger partial charge < -0.3 is 20.4 Å². The fraction of sp³-hybridized carbons (Fsp3) is 0.500. The summed E-state index contributed by atoms with van der Waals surface area (Å²) in [7, 11) is 1.76. The van der Waals surface area contributed by atoms with Gasteiger partial charge in [0.15, 0.2) is 5.96 Å². The third-order valence-electron chi connectivity index (χ3n) is 5.28. The lowest BCUT2D eigenvalue weighted by molar-refractivity contribution is 0.0919. The molecular weight excluding hydrogens is 517 g/mol. The molecule has 1 aliphatic rings. The monoisotopic (exact) mass is 553 g/mol. The lowest BCUT2D eigenvalue weighted by atomic mass is 10.1. The molecular formula is C24H36IN5O2. The van der Waals surface area contributed by atoms with Crippen molar-refractivity contribution in [3.63, 3.8) is 0 Å². The first-order valence-electron chi connectivity index (χ1n) is 11.0. The molecule has 0 radical (unpaired) electrons. The normalized spacial score (nSPS) is 15.7. The molecule has 0 spiro atoms. The Balaban J connectivity index is 0.00000363. The van der Waals surface area contributed by atoms with Gasteiger partial charge in [0.25, 0.3) is 5.91 Å². The van der Waals surface area contributed by atoms with E-state index in [1.165, 1.54) is 12.8 Å². The number of hydrogen-bond acceptors (Lipinski definition) is 4. The number of hydrogen-bond donors (Lipinski definition) is 3. The van der Waals surface area contributed by atoms with Crippen LogP contribution in [0.2, 0.25) is 0 Å². The molecule has 1 fully saturated rings. The fourth-order valence-corrected chi connectivity index (χ4v) is 3.78. The number of aliphatic imine (C=N–C) groups is 1. The maximum Gasteiger partial charge on any atom is 0.251 e. The summed E-state index contributed by atoms with van der Waals surface area (Å²) >= 11 is 0. The van der Waals surface area contributed by atoms with Crippen LogP contribution in [0.25, 0.3) is 0 Å². The smallest absolute Gasteiger partial charge is 0.251 e. The van der Waals surface area contributed by atoms with Gasteiger partial charge >= 0.3 is 0 Å². The Morgan fingerprint density at radius 2 is 1.91 bits per heavy atom. The van der Waals surface area contributed by atoms with Crippen molar-refractivity contribution in [3.8, 4) is 0 Å². The van der Waals surface area contributed by atoms with Gasteiger partial charge in [0.05, 0.1) is 12.3 Å². The number of furan rings is 1. The zero-order chi connectivity index (χ0) is 22.3. The van der Waals surface area contributed by atoms with Crippen molar-refractivity contribution >= 4 is 35.8 Å². The van der Waals surface area contributed by atoms with Gasteiger partial charge in [-0.1, -0.05) is 12.1 Å². The predicted molar refractivity (Wildman–Crippen MR) is 140 cm³/mol. The SMILES string of the molecule is CN=C(NCc1cccc(C(=O)NC(C)(C)C)c1)NCC(c1ccco1)N1CCCC1.I. The molecule has 1 aromatic carbocycles. The van der Waals surface area contributed by atoms with Gasteiger partial charge in [0.2, 0.25) is 0 Å². The van der Waals surface area contributed by atoms with Gasteiger partial charge in [-0.05, 0) is 76.5 Å². The Kier molecular flexibility index (Phi) is 10.0. The Morgan fingerprint density at radius 3 is 2.53 bits per heavy atom. The summed E-state index contributed by atoms with van der Waals surface area (Å²) in [6.07, 6.45) is 4.18. The number of benzene rings is 1. The van der Waals surface area contributed by atoms with Crippen molar-refractivity contribution < 1.29 is 9.21 Å². The summed E-state index contributed by atoms with van der Waals surface area (Å²) in [5.41, 5.74) is 1.41. The number of nitrogens with one attached hydrogen (secondary N) is 3. The van der Waals surface area contributed by atoms with Gasteiger partial charge in [-0.3, -0.25) is 14.7 Å². The second-order valence-electron chi connectivity index (χ2n) is 8.99. The summed E-state index contributed by atoms with van der Waals surface area (Å²) in [6, 6.07) is 11.8. The van der Waals surface area contributed by atoms with Crippen LogP contribution in [-0.2, 0) is 6.54 Å². The highest BCUT2D eigenvalue weighted by molar-refractivity contribution is 14.0. The molecule has 1 unspecified atom stereocenters. The Bertz CT molecular complexity index is 871. The van der Waals surface area contributed by atoms with Crippen molar-refractivity contribution in [1.29, 1.82) is 0 Å². The molecule has 1 aliphatic heterocycles. The van der Waals surface area contributed by atoms with Crippen LogP contribution in [0.1, 0.15) is 61.3 Å². The number of carbonyl (C=O) groups excluding carboxylic acids is 1. The average Bonchev–Trinajstić information content (AvgIpc) is 3.44. The van der Waals surface area contributed by atoms with E-state index >= 15 is 0 Å². The highest BCUT2D eigenvalue weighted by atomic mass is 127. The van der Waals surface area contributed by atoms with E-state index in [4.69, 9.17) is 4.42 Å². The van der Waals surface area contributed by atoms with Gasteiger partial charge in [0, 0.05) is 31.2 Å². The summed E-state index contributed by atoms with van der Waals surface area (Å²) in [4.78, 5) is 19.3. The molecule has 2 heterocycles. The first-order valence-corrected chi connectivity index (χ1v) is 11.0. The number of likely N-dealkylation sites (tertiary alicyclic amines) is 1. The van der Waals surface area contributed by atoms with Crippen LogP contribution in [0.5, 0.6) is 0 Å². The number of nitrogens with zero attached hydrogens (tertiary/aromatic N) is 2. The van der Waals surface area contributed by atoms with Crippen LogP contribution < -0.4 is 16.0 Å². The summed E-state index contributed by atoms with van der Waals surface area (Å²) < 4.78 is 5.69. The van der Waals surface area contributed by atoms with E-state index in [0.29, 0.717) is 18.7 Å². The number of halogens is 1. The lowest BCUT2D eigenvalue weighted by Crippen LogP contribution is -2.42. The molecule has 1 amide bonds. The number of amides is 1. The summed E-state index contributed by atoms with van der Waals surface area (Å²) in [5.74, 6) is 1.63. The number of carbonyl (C=O) groups is 1. The molecule has 0 bridgehead atoms. The minimum Gasteiger partial charge on any atom is -0.468 e. The van der Waals surface area contributed by atoms with Crippen molar-refractivity contribution in [2.45, 2.75) is 51.7 Å². The van der Waals surface area contributed by atoms with E-state index in [1.54, 1.807) is 13.3 Å². The van der Waals surface area contributed by atoms with Crippen molar-refractivity contribution in [1.82, 2.24) is 20.9 Å². The van der Waals surface area contributed by atoms with E-state index in [-0.39, 0.29) is 41.5 Å². The topological polar surface area (TPSA) is 81.9 Å². The first kappa shape index (κ1) is 26.2. The summed E-state index contributed by atoms with van der Waals surface area (Å²) in [5, 5.41) is 9.78. The van der Waals surface area contributed by atoms with Crippen LogP contribution in [0, 0.1) is 0 Å². The molecule has 0 aliphatic carbocycles. The summed E-state index contributed by atoms with van der Waals surface area (Å²) in [6.45, 7) is 9.38. The third-order valence-corrected chi connectivity index (χ3v) is 5.28. The molecule has 176 valence electrons. The van der Waals surface area contributed by atoms with Gasteiger partial charge in [0.1, 0.15) is 5.76 Å². The van der Waals surface area contributed by atoms with Crippen LogP contribution in [0.15, 0.2) is 52.1 Å². The number of rotatable bonds is 7. The third kappa shape index (κ3) is 7.81. The molecule has 1 aromatic heterocycles. The highest BCUT2D eigenvalue weighted by Crippen LogP contribution is 2.24. The van der Waals surface area contributed by atoms with Crippen molar-refractivity contribution in [3.05, 3.63) is 59.5 Å². The van der Waals surface area contributed by atoms with Crippen LogP contribution in [0.4, 0.5) is 0 Å². The molecule has 8 heteroatoms. The van der Waals surface area contributed by atoms with E-state index in [0.717, 1.165) is 30.4 Å². The molecule has 7 nitrogen and oxygen atoms in total. The van der Waals surface area contributed by atoms with Crippen molar-refractivity contribution in [2.75, 3.05) is 26.7 Å². The van der Waals surface area contributed by atoms with Crippen molar-refractivity contribution in [2.24, 2.45) is 4.99 Å². The maximum atomic E-state index is 12.4. The Labute approximate surface area is 208 Å². The zero-order valence-electron chi connectivity index (χ0n) is 19.5. The van der Waals surface area contributed by atoms with Gasteiger partial charge in [-0.2, -0.15) is 0 Å². The second kappa shape index (κ2) is 12.2. The van der Waals surface area contributed by atoms with E-state index < -0.39 is 0 Å². The van der Waals surface area contributed by atoms with Gasteiger partial charge in [-0.25, -0.2) is 0 Å². The van der Waals surface area contributed by atoms with Crippen LogP contribution >= 0.6 is 24.0 Å².